The highest BCUT2D eigenvalue weighted by molar-refractivity contribution is 6.13. The minimum atomic E-state index is 0.684. The van der Waals surface area contributed by atoms with Crippen molar-refractivity contribution in [1.82, 2.24) is 14.7 Å². The lowest BCUT2D eigenvalue weighted by Crippen LogP contribution is -2.43. The largest absolute Gasteiger partial charge is 0.370 e. The summed E-state index contributed by atoms with van der Waals surface area (Å²) in [5, 5.41) is 0. The summed E-state index contributed by atoms with van der Waals surface area (Å²) in [6, 6.07) is 0.684. The summed E-state index contributed by atoms with van der Waals surface area (Å²) in [7, 11) is 6.24. The van der Waals surface area contributed by atoms with Gasteiger partial charge in [-0.3, -0.25) is 9.89 Å². The van der Waals surface area contributed by atoms with Crippen LogP contribution in [0.4, 0.5) is 0 Å². The van der Waals surface area contributed by atoms with Gasteiger partial charge in [-0.1, -0.05) is 12.2 Å². The Bertz CT molecular complexity index is 1030. The number of fused-ring (bicyclic) bond motifs is 1. The Balaban J connectivity index is 1.67. The predicted octanol–water partition coefficient (Wildman–Crippen LogP) is 5.44. The van der Waals surface area contributed by atoms with E-state index >= 15 is 0 Å². The Hall–Kier alpha value is -2.66. The highest BCUT2D eigenvalue weighted by Crippen LogP contribution is 2.37. The number of likely N-dealkylation sites (tertiary alicyclic amines) is 1. The van der Waals surface area contributed by atoms with Crippen molar-refractivity contribution in [3.63, 3.8) is 0 Å². The lowest BCUT2D eigenvalue weighted by molar-refractivity contribution is 0.172. The number of allylic oxidation sites excluding steroid dienone is 6. The number of aliphatic imine (C=N–C) groups is 2. The molecule has 33 heavy (non-hydrogen) atoms. The highest BCUT2D eigenvalue weighted by Gasteiger charge is 2.31. The molecular formula is C28H39N5. The molecular weight excluding hydrogens is 406 g/mol. The van der Waals surface area contributed by atoms with E-state index in [1.54, 1.807) is 0 Å². The van der Waals surface area contributed by atoms with Gasteiger partial charge in [0.15, 0.2) is 0 Å². The van der Waals surface area contributed by atoms with Crippen LogP contribution in [0.15, 0.2) is 80.4 Å². The van der Waals surface area contributed by atoms with Gasteiger partial charge in [-0.15, -0.1) is 0 Å². The van der Waals surface area contributed by atoms with Crippen molar-refractivity contribution in [2.45, 2.75) is 58.9 Å². The van der Waals surface area contributed by atoms with E-state index in [1.165, 1.54) is 54.6 Å². The number of hydrogen-bond acceptors (Lipinski definition) is 5. The summed E-state index contributed by atoms with van der Waals surface area (Å²) in [4.78, 5) is 16.9. The van der Waals surface area contributed by atoms with Crippen LogP contribution in [0.25, 0.3) is 0 Å². The summed E-state index contributed by atoms with van der Waals surface area (Å²) >= 11 is 0. The smallest absolute Gasteiger partial charge is 0.140 e. The van der Waals surface area contributed by atoms with Gasteiger partial charge in [0, 0.05) is 38.1 Å². The first-order valence-corrected chi connectivity index (χ1v) is 12.2. The molecule has 0 amide bonds. The lowest BCUT2D eigenvalue weighted by atomic mass is 9.88. The SMILES string of the molecule is C=C(C)/C(C)=C/C(=NC)C1=CC(=C2CCC2)N2C=C(N3CCC(N(C)C)CC3)C=C(C)C2=N1. The highest BCUT2D eigenvalue weighted by atomic mass is 15.3. The van der Waals surface area contributed by atoms with Crippen LogP contribution >= 0.6 is 0 Å². The second kappa shape index (κ2) is 9.68. The minimum absolute atomic E-state index is 0.684. The van der Waals surface area contributed by atoms with Crippen LogP contribution in [-0.4, -0.2) is 66.5 Å². The van der Waals surface area contributed by atoms with Crippen molar-refractivity contribution in [3.8, 4) is 0 Å². The maximum Gasteiger partial charge on any atom is 0.140 e. The first-order chi connectivity index (χ1) is 15.8. The topological polar surface area (TPSA) is 34.4 Å². The molecule has 0 atom stereocenters. The second-order valence-electron chi connectivity index (χ2n) is 9.96. The Kier molecular flexibility index (Phi) is 6.89. The zero-order valence-corrected chi connectivity index (χ0v) is 21.3. The zero-order chi connectivity index (χ0) is 23.7. The number of hydrogen-bond donors (Lipinski definition) is 0. The van der Waals surface area contributed by atoms with Gasteiger partial charge in [-0.25, -0.2) is 4.99 Å². The molecule has 3 heterocycles. The molecule has 5 heteroatoms. The molecule has 4 rings (SSSR count). The van der Waals surface area contributed by atoms with E-state index in [4.69, 9.17) is 4.99 Å². The molecule has 0 bridgehead atoms. The van der Waals surface area contributed by atoms with Crippen LogP contribution in [0.1, 0.15) is 52.9 Å². The summed E-state index contributed by atoms with van der Waals surface area (Å²) < 4.78 is 0. The number of nitrogens with zero attached hydrogens (tertiary/aromatic N) is 5. The van der Waals surface area contributed by atoms with Crippen molar-refractivity contribution in [3.05, 3.63) is 70.4 Å². The van der Waals surface area contributed by atoms with Gasteiger partial charge < -0.3 is 9.80 Å². The maximum atomic E-state index is 5.10. The van der Waals surface area contributed by atoms with Gasteiger partial charge in [0.25, 0.3) is 0 Å². The molecule has 3 aliphatic heterocycles. The van der Waals surface area contributed by atoms with Crippen LogP contribution < -0.4 is 0 Å². The van der Waals surface area contributed by atoms with Crippen molar-refractivity contribution >= 4 is 11.5 Å². The maximum absolute atomic E-state index is 5.10. The van der Waals surface area contributed by atoms with Crippen LogP contribution in [0, 0.1) is 0 Å². The van der Waals surface area contributed by atoms with Gasteiger partial charge in [0.05, 0.1) is 17.1 Å². The fourth-order valence-electron chi connectivity index (χ4n) is 4.79. The zero-order valence-electron chi connectivity index (χ0n) is 21.3. The first-order valence-electron chi connectivity index (χ1n) is 12.2. The van der Waals surface area contributed by atoms with Crippen molar-refractivity contribution in [2.75, 3.05) is 34.2 Å². The van der Waals surface area contributed by atoms with Crippen molar-refractivity contribution in [1.29, 1.82) is 0 Å². The first kappa shape index (κ1) is 23.5. The molecule has 1 saturated heterocycles. The van der Waals surface area contributed by atoms with Crippen molar-refractivity contribution < 1.29 is 0 Å². The molecule has 176 valence electrons. The Morgan fingerprint density at radius 1 is 1.18 bits per heavy atom. The van der Waals surface area contributed by atoms with Crippen LogP contribution in [0.5, 0.6) is 0 Å². The van der Waals surface area contributed by atoms with E-state index in [-0.39, 0.29) is 0 Å². The van der Waals surface area contributed by atoms with Crippen molar-refractivity contribution in [2.24, 2.45) is 9.98 Å². The van der Waals surface area contributed by atoms with E-state index in [9.17, 15) is 0 Å². The molecule has 0 radical (unpaired) electrons. The van der Waals surface area contributed by atoms with Gasteiger partial charge in [-0.05, 0) is 102 Å². The minimum Gasteiger partial charge on any atom is -0.370 e. The number of piperidine rings is 1. The van der Waals surface area contributed by atoms with Gasteiger partial charge in [0.1, 0.15) is 5.84 Å². The summed E-state index contributed by atoms with van der Waals surface area (Å²) in [6.45, 7) is 12.6. The molecule has 4 aliphatic rings. The van der Waals surface area contributed by atoms with Gasteiger partial charge in [0.2, 0.25) is 0 Å². The number of amidine groups is 1. The van der Waals surface area contributed by atoms with Crippen LogP contribution in [0.3, 0.4) is 0 Å². The molecule has 0 N–H and O–H groups in total. The Morgan fingerprint density at radius 3 is 2.42 bits per heavy atom. The molecule has 0 spiro atoms. The lowest BCUT2D eigenvalue weighted by Gasteiger charge is -2.40. The van der Waals surface area contributed by atoms with Gasteiger partial charge >= 0.3 is 0 Å². The van der Waals surface area contributed by atoms with E-state index in [0.29, 0.717) is 6.04 Å². The fraction of sp³-hybridized carbons (Fsp3) is 0.500. The van der Waals surface area contributed by atoms with E-state index in [2.05, 4.69) is 78.6 Å². The number of rotatable bonds is 5. The molecule has 5 nitrogen and oxygen atoms in total. The van der Waals surface area contributed by atoms with E-state index in [0.717, 1.165) is 41.5 Å². The van der Waals surface area contributed by atoms with Crippen LogP contribution in [0.2, 0.25) is 0 Å². The Labute approximate surface area is 200 Å². The fourth-order valence-corrected chi connectivity index (χ4v) is 4.79. The third-order valence-corrected chi connectivity index (χ3v) is 7.37. The molecule has 0 unspecified atom stereocenters. The third kappa shape index (κ3) is 4.84. The summed E-state index contributed by atoms with van der Waals surface area (Å²) in [5.41, 5.74) is 9.37. The summed E-state index contributed by atoms with van der Waals surface area (Å²) in [6.07, 6.45) is 15.0. The predicted molar refractivity (Wildman–Crippen MR) is 140 cm³/mol. The second-order valence-corrected chi connectivity index (χ2v) is 9.96. The van der Waals surface area contributed by atoms with Gasteiger partial charge in [-0.2, -0.15) is 0 Å². The van der Waals surface area contributed by atoms with E-state index < -0.39 is 0 Å². The monoisotopic (exact) mass is 445 g/mol. The average Bonchev–Trinajstić information content (AvgIpc) is 2.76. The normalized spacial score (nSPS) is 22.5. The van der Waals surface area contributed by atoms with E-state index in [1.807, 2.05) is 14.0 Å². The molecule has 0 aromatic heterocycles. The average molecular weight is 446 g/mol. The standard InChI is InChI=1S/C28H39N5/c1-19(2)20(3)16-25(29-5)26-17-27(22-9-8-10-22)33-18-24(15-21(4)28(33)30-26)32-13-11-23(12-14-32)31(6)7/h15-18,23H,1,8-14H2,2-7H3/b20-16+,29-25?. The molecule has 2 fully saturated rings. The molecule has 1 aliphatic carbocycles. The third-order valence-electron chi connectivity index (χ3n) is 7.37. The molecule has 0 aromatic rings. The Morgan fingerprint density at radius 2 is 1.88 bits per heavy atom. The summed E-state index contributed by atoms with van der Waals surface area (Å²) in [5.74, 6) is 1.02. The quantitative estimate of drug-likeness (QED) is 0.417. The molecule has 0 aromatic carbocycles. The molecule has 1 saturated carbocycles. The van der Waals surface area contributed by atoms with Crippen LogP contribution in [-0.2, 0) is 0 Å².